The summed E-state index contributed by atoms with van der Waals surface area (Å²) in [4.78, 5) is 11.5. The molecule has 0 spiro atoms. The summed E-state index contributed by atoms with van der Waals surface area (Å²) in [6, 6.07) is 11.1. The molecule has 28 heavy (non-hydrogen) atoms. The van der Waals surface area contributed by atoms with Crippen LogP contribution in [0.2, 0.25) is 0 Å². The molecule has 1 atom stereocenters. The van der Waals surface area contributed by atoms with Crippen LogP contribution in [-0.4, -0.2) is 35.3 Å². The zero-order chi connectivity index (χ0) is 19.7. The number of hydrogen-bond donors (Lipinski definition) is 0. The number of benzene rings is 2. The van der Waals surface area contributed by atoms with E-state index in [0.717, 1.165) is 0 Å². The molecule has 0 amide bonds. The van der Waals surface area contributed by atoms with Crippen molar-refractivity contribution in [3.8, 4) is 22.8 Å². The van der Waals surface area contributed by atoms with Crippen LogP contribution in [0.4, 0.5) is 10.1 Å². The van der Waals surface area contributed by atoms with Crippen LogP contribution in [0.15, 0.2) is 52.9 Å². The van der Waals surface area contributed by atoms with E-state index >= 15 is 0 Å². The van der Waals surface area contributed by atoms with Crippen molar-refractivity contribution >= 4 is 5.69 Å². The van der Waals surface area contributed by atoms with E-state index in [9.17, 15) is 14.5 Å². The lowest BCUT2D eigenvalue weighted by Gasteiger charge is -2.03. The van der Waals surface area contributed by atoms with Gasteiger partial charge in [-0.2, -0.15) is 4.80 Å². The van der Waals surface area contributed by atoms with Crippen LogP contribution in [0.1, 0.15) is 18.9 Å². The van der Waals surface area contributed by atoms with Crippen LogP contribution in [0.5, 0.6) is 0 Å². The van der Waals surface area contributed by atoms with Crippen LogP contribution >= 0.6 is 0 Å². The molecule has 4 aromatic rings. The molecule has 4 rings (SSSR count). The summed E-state index contributed by atoms with van der Waals surface area (Å²) in [6.45, 7) is 1.74. The molecule has 0 aliphatic rings. The number of non-ortho nitro benzene ring substituents is 1. The van der Waals surface area contributed by atoms with Gasteiger partial charge in [0, 0.05) is 23.3 Å². The Kier molecular flexibility index (Phi) is 4.32. The highest BCUT2D eigenvalue weighted by atomic mass is 19.1. The average molecular weight is 381 g/mol. The fourth-order valence-corrected chi connectivity index (χ4v) is 2.48. The van der Waals surface area contributed by atoms with Crippen LogP contribution in [-0.2, 0) is 0 Å². The minimum atomic E-state index is -0.519. The second kappa shape index (κ2) is 6.95. The monoisotopic (exact) mass is 381 g/mol. The van der Waals surface area contributed by atoms with E-state index in [4.69, 9.17) is 4.42 Å². The Morgan fingerprint density at radius 1 is 1.11 bits per heavy atom. The molecule has 2 heterocycles. The zero-order valence-electron chi connectivity index (χ0n) is 14.4. The van der Waals surface area contributed by atoms with Crippen molar-refractivity contribution in [2.45, 2.75) is 13.0 Å². The third-order valence-corrected chi connectivity index (χ3v) is 3.98. The number of rotatable bonds is 5. The Balaban J connectivity index is 1.56. The van der Waals surface area contributed by atoms with Gasteiger partial charge >= 0.3 is 0 Å². The number of nitrogens with zero attached hydrogens (tertiary/aromatic N) is 7. The minimum Gasteiger partial charge on any atom is -0.418 e. The fraction of sp³-hybridized carbons (Fsp3) is 0.118. The van der Waals surface area contributed by atoms with Gasteiger partial charge in [0.25, 0.3) is 5.69 Å². The summed E-state index contributed by atoms with van der Waals surface area (Å²) in [6.07, 6.45) is 0. The van der Waals surface area contributed by atoms with E-state index in [1.54, 1.807) is 19.1 Å². The maximum atomic E-state index is 13.4. The highest BCUT2D eigenvalue weighted by molar-refractivity contribution is 5.55. The molecule has 2 aromatic carbocycles. The summed E-state index contributed by atoms with van der Waals surface area (Å²) in [5, 5.41) is 30.8. The van der Waals surface area contributed by atoms with Crippen molar-refractivity contribution in [2.75, 3.05) is 0 Å². The molecule has 10 nitrogen and oxygen atoms in total. The van der Waals surface area contributed by atoms with Gasteiger partial charge < -0.3 is 4.42 Å². The smallest absolute Gasteiger partial charge is 0.269 e. The second-order valence-electron chi connectivity index (χ2n) is 5.87. The van der Waals surface area contributed by atoms with Gasteiger partial charge in [-0.1, -0.05) is 12.1 Å². The summed E-state index contributed by atoms with van der Waals surface area (Å²) in [7, 11) is 0. The van der Waals surface area contributed by atoms with Crippen LogP contribution in [0, 0.1) is 15.9 Å². The van der Waals surface area contributed by atoms with E-state index in [-0.39, 0.29) is 23.3 Å². The SMILES string of the molecule is CC(c1nnc(-c2ccc([N+](=O)[O-])cc2)o1)n1nnc(-c2cccc(F)c2)n1. The van der Waals surface area contributed by atoms with E-state index in [1.807, 2.05) is 0 Å². The molecule has 2 aromatic heterocycles. The van der Waals surface area contributed by atoms with Crippen molar-refractivity contribution in [3.63, 3.8) is 0 Å². The molecule has 0 N–H and O–H groups in total. The molecule has 0 fully saturated rings. The molecule has 11 heteroatoms. The fourth-order valence-electron chi connectivity index (χ4n) is 2.48. The Morgan fingerprint density at radius 2 is 1.89 bits per heavy atom. The Labute approximate surface area is 156 Å². The van der Waals surface area contributed by atoms with Crippen molar-refractivity contribution in [2.24, 2.45) is 0 Å². The number of hydrogen-bond acceptors (Lipinski definition) is 8. The van der Waals surface area contributed by atoms with Crippen molar-refractivity contribution in [1.82, 2.24) is 30.4 Å². The second-order valence-corrected chi connectivity index (χ2v) is 5.87. The third-order valence-electron chi connectivity index (χ3n) is 3.98. The molecule has 0 saturated carbocycles. The van der Waals surface area contributed by atoms with E-state index in [2.05, 4.69) is 25.6 Å². The standard InChI is InChI=1S/C17H12FN7O3/c1-10(24-22-15(19-23-24)12-3-2-4-13(18)9-12)16-20-21-17(28-16)11-5-7-14(8-6-11)25(26)27/h2-10H,1H3. The quantitative estimate of drug-likeness (QED) is 0.381. The summed E-state index contributed by atoms with van der Waals surface area (Å²) in [5.74, 6) is 0.312. The van der Waals surface area contributed by atoms with E-state index in [1.165, 1.54) is 41.2 Å². The molecule has 0 aliphatic carbocycles. The molecule has 0 saturated heterocycles. The topological polar surface area (TPSA) is 126 Å². The summed E-state index contributed by atoms with van der Waals surface area (Å²) < 4.78 is 19.0. The minimum absolute atomic E-state index is 0.0337. The van der Waals surface area contributed by atoms with E-state index < -0.39 is 16.8 Å². The normalized spacial score (nSPS) is 12.1. The molecule has 0 aliphatic heterocycles. The number of tetrazole rings is 1. The Hall–Kier alpha value is -4.02. The van der Waals surface area contributed by atoms with E-state index in [0.29, 0.717) is 11.1 Å². The summed E-state index contributed by atoms with van der Waals surface area (Å²) in [5.41, 5.74) is 1.01. The Morgan fingerprint density at radius 3 is 2.61 bits per heavy atom. The van der Waals surface area contributed by atoms with Crippen LogP contribution < -0.4 is 0 Å². The van der Waals surface area contributed by atoms with Gasteiger partial charge in [0.05, 0.1) is 4.92 Å². The molecular weight excluding hydrogens is 369 g/mol. The van der Waals surface area contributed by atoms with Gasteiger partial charge in [-0.15, -0.1) is 20.4 Å². The average Bonchev–Trinajstić information content (AvgIpc) is 3.38. The lowest BCUT2D eigenvalue weighted by Crippen LogP contribution is -2.11. The first-order valence-electron chi connectivity index (χ1n) is 8.15. The van der Waals surface area contributed by atoms with Gasteiger partial charge in [-0.05, 0) is 36.4 Å². The molecule has 1 unspecified atom stereocenters. The van der Waals surface area contributed by atoms with Gasteiger partial charge in [-0.25, -0.2) is 4.39 Å². The number of nitro groups is 1. The predicted octanol–water partition coefficient (Wildman–Crippen LogP) is 3.05. The molecular formula is C17H12FN7O3. The van der Waals surface area contributed by atoms with Gasteiger partial charge in [0.2, 0.25) is 17.6 Å². The number of halogens is 1. The number of nitro benzene ring substituents is 1. The first-order chi connectivity index (χ1) is 13.5. The lowest BCUT2D eigenvalue weighted by molar-refractivity contribution is -0.384. The highest BCUT2D eigenvalue weighted by Gasteiger charge is 2.20. The van der Waals surface area contributed by atoms with Crippen LogP contribution in [0.25, 0.3) is 22.8 Å². The highest BCUT2D eigenvalue weighted by Crippen LogP contribution is 2.24. The van der Waals surface area contributed by atoms with Gasteiger partial charge in [-0.3, -0.25) is 10.1 Å². The predicted molar refractivity (Wildman–Crippen MR) is 93.4 cm³/mol. The largest absolute Gasteiger partial charge is 0.418 e. The molecule has 140 valence electrons. The Bertz CT molecular complexity index is 1140. The maximum Gasteiger partial charge on any atom is 0.269 e. The van der Waals surface area contributed by atoms with Crippen molar-refractivity contribution in [1.29, 1.82) is 0 Å². The van der Waals surface area contributed by atoms with Gasteiger partial charge in [0.1, 0.15) is 11.9 Å². The lowest BCUT2D eigenvalue weighted by atomic mass is 10.2. The number of aromatic nitrogens is 6. The molecule has 0 radical (unpaired) electrons. The molecule has 0 bridgehead atoms. The van der Waals surface area contributed by atoms with Crippen molar-refractivity contribution < 1.29 is 13.7 Å². The first kappa shape index (κ1) is 17.4. The third kappa shape index (κ3) is 3.32. The zero-order valence-corrected chi connectivity index (χ0v) is 14.4. The van der Waals surface area contributed by atoms with Crippen molar-refractivity contribution in [3.05, 3.63) is 70.4 Å². The van der Waals surface area contributed by atoms with Gasteiger partial charge in [0.15, 0.2) is 0 Å². The maximum absolute atomic E-state index is 13.4. The summed E-state index contributed by atoms with van der Waals surface area (Å²) >= 11 is 0. The first-order valence-corrected chi connectivity index (χ1v) is 8.15. The van der Waals surface area contributed by atoms with Crippen LogP contribution in [0.3, 0.4) is 0 Å².